The van der Waals surface area contributed by atoms with E-state index in [4.69, 9.17) is 11.6 Å². The highest BCUT2D eigenvalue weighted by molar-refractivity contribution is 6.30. The average Bonchev–Trinajstić information content (AvgIpc) is 3.64. The van der Waals surface area contributed by atoms with Gasteiger partial charge in [0.1, 0.15) is 11.3 Å². The minimum Gasteiger partial charge on any atom is -0.333 e. The third-order valence-corrected chi connectivity index (χ3v) is 5.97. The normalized spacial score (nSPS) is 15.2. The van der Waals surface area contributed by atoms with Gasteiger partial charge in [-0.3, -0.25) is 19.4 Å². The number of anilines is 1. The van der Waals surface area contributed by atoms with Crippen LogP contribution < -0.4 is 10.9 Å². The van der Waals surface area contributed by atoms with Gasteiger partial charge in [0.05, 0.1) is 16.9 Å². The van der Waals surface area contributed by atoms with Gasteiger partial charge in [-0.15, -0.1) is 0 Å². The molecule has 1 aliphatic carbocycles. The van der Waals surface area contributed by atoms with E-state index in [1.54, 1.807) is 39.9 Å². The summed E-state index contributed by atoms with van der Waals surface area (Å²) in [5.74, 6) is -0.661. The molecule has 4 heterocycles. The Morgan fingerprint density at radius 2 is 2.00 bits per heavy atom. The van der Waals surface area contributed by atoms with E-state index in [1.165, 1.54) is 12.4 Å². The summed E-state index contributed by atoms with van der Waals surface area (Å²) >= 11 is 5.88. The van der Waals surface area contributed by atoms with Crippen molar-refractivity contribution >= 4 is 29.1 Å². The highest BCUT2D eigenvalue weighted by Crippen LogP contribution is 2.35. The first-order valence-corrected chi connectivity index (χ1v) is 10.8. The summed E-state index contributed by atoms with van der Waals surface area (Å²) in [6.45, 7) is 0.689. The fraction of sp³-hybridized carbons (Fsp3) is 0.261. The summed E-state index contributed by atoms with van der Waals surface area (Å²) in [7, 11) is 0. The van der Waals surface area contributed by atoms with Crippen molar-refractivity contribution in [1.82, 2.24) is 19.4 Å². The zero-order chi connectivity index (χ0) is 22.2. The summed E-state index contributed by atoms with van der Waals surface area (Å²) in [5, 5.41) is 3.24. The van der Waals surface area contributed by atoms with Gasteiger partial charge in [0, 0.05) is 37.7 Å². The molecule has 0 spiro atoms. The lowest BCUT2D eigenvalue weighted by Gasteiger charge is -2.30. The van der Waals surface area contributed by atoms with E-state index >= 15 is 0 Å². The molecule has 0 atom stereocenters. The van der Waals surface area contributed by atoms with Gasteiger partial charge < -0.3 is 14.8 Å². The molecule has 0 unspecified atom stereocenters. The van der Waals surface area contributed by atoms with Gasteiger partial charge in [0.2, 0.25) is 0 Å². The molecule has 0 bridgehead atoms. The zero-order valence-corrected chi connectivity index (χ0v) is 17.9. The Bertz CT molecular complexity index is 1250. The largest absolute Gasteiger partial charge is 0.333 e. The van der Waals surface area contributed by atoms with Crippen LogP contribution in [0, 0.1) is 0 Å². The minimum absolute atomic E-state index is 0.0988. The summed E-state index contributed by atoms with van der Waals surface area (Å²) in [6.07, 6.45) is 8.61. The fourth-order valence-electron chi connectivity index (χ4n) is 4.00. The molecule has 5 rings (SSSR count). The highest BCUT2D eigenvalue weighted by Gasteiger charge is 2.32. The molecule has 1 N–H and O–H groups in total. The van der Waals surface area contributed by atoms with Gasteiger partial charge in [0.25, 0.3) is 17.4 Å². The maximum atomic E-state index is 13.2. The van der Waals surface area contributed by atoms with Gasteiger partial charge in [-0.2, -0.15) is 0 Å². The summed E-state index contributed by atoms with van der Waals surface area (Å²) < 4.78 is 1.64. The molecule has 3 aromatic heterocycles. The molecule has 0 saturated heterocycles. The van der Waals surface area contributed by atoms with Crippen LogP contribution in [0.1, 0.15) is 50.9 Å². The van der Waals surface area contributed by atoms with Crippen LogP contribution in [0.2, 0.25) is 5.02 Å². The molecule has 3 aromatic rings. The zero-order valence-electron chi connectivity index (χ0n) is 17.1. The van der Waals surface area contributed by atoms with E-state index in [0.717, 1.165) is 18.4 Å². The maximum Gasteiger partial charge on any atom is 0.272 e. The SMILES string of the molecule is O=C(Nc1cccnc1)c1c2c(cn(C3CC3)c1=O)CN(C(=O)c1ccc(Cl)cn1)CC2. The number of pyridine rings is 3. The lowest BCUT2D eigenvalue weighted by molar-refractivity contribution is 0.0728. The molecular weight excluding hydrogens is 430 g/mol. The van der Waals surface area contributed by atoms with Crippen LogP contribution in [0.3, 0.4) is 0 Å². The van der Waals surface area contributed by atoms with Gasteiger partial charge in [0.15, 0.2) is 0 Å². The number of halogens is 1. The number of nitrogens with one attached hydrogen (secondary N) is 1. The number of aromatic nitrogens is 3. The number of rotatable bonds is 4. The van der Waals surface area contributed by atoms with Crippen LogP contribution in [0.5, 0.6) is 0 Å². The van der Waals surface area contributed by atoms with Crippen molar-refractivity contribution in [2.24, 2.45) is 0 Å². The molecular formula is C23H20ClN5O3. The molecule has 1 saturated carbocycles. The molecule has 0 aromatic carbocycles. The molecule has 162 valence electrons. The molecule has 2 amide bonds. The monoisotopic (exact) mass is 449 g/mol. The van der Waals surface area contributed by atoms with E-state index in [9.17, 15) is 14.4 Å². The van der Waals surface area contributed by atoms with Crippen LogP contribution in [0.15, 0.2) is 53.8 Å². The number of nitrogens with zero attached hydrogens (tertiary/aromatic N) is 4. The topological polar surface area (TPSA) is 97.2 Å². The van der Waals surface area contributed by atoms with Crippen molar-refractivity contribution in [3.05, 3.63) is 86.8 Å². The predicted molar refractivity (Wildman–Crippen MR) is 119 cm³/mol. The Hall–Kier alpha value is -3.52. The third kappa shape index (κ3) is 3.89. The van der Waals surface area contributed by atoms with E-state index in [0.29, 0.717) is 41.5 Å². The Morgan fingerprint density at radius 3 is 2.69 bits per heavy atom. The lowest BCUT2D eigenvalue weighted by atomic mass is 9.95. The molecule has 32 heavy (non-hydrogen) atoms. The van der Waals surface area contributed by atoms with Gasteiger partial charge in [-0.25, -0.2) is 4.98 Å². The van der Waals surface area contributed by atoms with Crippen molar-refractivity contribution in [3.63, 3.8) is 0 Å². The highest BCUT2D eigenvalue weighted by atomic mass is 35.5. The molecule has 2 aliphatic rings. The molecule has 0 radical (unpaired) electrons. The Morgan fingerprint density at radius 1 is 1.16 bits per heavy atom. The van der Waals surface area contributed by atoms with Crippen LogP contribution in [-0.4, -0.2) is 37.8 Å². The number of hydrogen-bond donors (Lipinski definition) is 1. The van der Waals surface area contributed by atoms with Crippen molar-refractivity contribution in [1.29, 1.82) is 0 Å². The second-order valence-electron chi connectivity index (χ2n) is 7.99. The maximum absolute atomic E-state index is 13.2. The van der Waals surface area contributed by atoms with Gasteiger partial charge >= 0.3 is 0 Å². The van der Waals surface area contributed by atoms with Crippen LogP contribution >= 0.6 is 11.6 Å². The quantitative estimate of drug-likeness (QED) is 0.660. The first-order chi connectivity index (χ1) is 15.5. The van der Waals surface area contributed by atoms with E-state index < -0.39 is 5.91 Å². The minimum atomic E-state index is -0.451. The lowest BCUT2D eigenvalue weighted by Crippen LogP contribution is -2.40. The molecule has 8 nitrogen and oxygen atoms in total. The number of hydrogen-bond acceptors (Lipinski definition) is 5. The van der Waals surface area contributed by atoms with Crippen molar-refractivity contribution < 1.29 is 9.59 Å². The molecule has 9 heteroatoms. The Kier molecular flexibility index (Phi) is 5.22. The Balaban J connectivity index is 1.49. The van der Waals surface area contributed by atoms with Gasteiger partial charge in [-0.05, 0) is 54.7 Å². The second kappa shape index (κ2) is 8.20. The Labute approximate surface area is 188 Å². The molecule has 1 fully saturated rings. The number of carbonyl (C=O) groups excluding carboxylic acids is 2. The first kappa shape index (κ1) is 20.4. The number of carbonyl (C=O) groups is 2. The van der Waals surface area contributed by atoms with E-state index in [1.807, 2.05) is 6.20 Å². The number of amides is 2. The smallest absolute Gasteiger partial charge is 0.272 e. The standard InChI is InChI=1S/C23H20ClN5O3/c24-15-3-6-19(26-10-15)22(31)28-9-7-18-14(12-28)13-29(17-4-5-17)23(32)20(18)21(30)27-16-2-1-8-25-11-16/h1-3,6,8,10-11,13,17H,4-5,7,9,12H2,(H,27,30). The summed E-state index contributed by atoms with van der Waals surface area (Å²) in [4.78, 5) is 49.1. The summed E-state index contributed by atoms with van der Waals surface area (Å²) in [5.41, 5.74) is 2.20. The van der Waals surface area contributed by atoms with Crippen molar-refractivity contribution in [2.45, 2.75) is 31.8 Å². The van der Waals surface area contributed by atoms with Crippen molar-refractivity contribution in [2.75, 3.05) is 11.9 Å². The van der Waals surface area contributed by atoms with Gasteiger partial charge in [-0.1, -0.05) is 11.6 Å². The number of fused-ring (bicyclic) bond motifs is 1. The first-order valence-electron chi connectivity index (χ1n) is 10.4. The third-order valence-electron chi connectivity index (χ3n) is 5.75. The van der Waals surface area contributed by atoms with E-state index in [2.05, 4.69) is 15.3 Å². The van der Waals surface area contributed by atoms with Crippen LogP contribution in [-0.2, 0) is 13.0 Å². The second-order valence-corrected chi connectivity index (χ2v) is 8.42. The molecule has 1 aliphatic heterocycles. The fourth-order valence-corrected chi connectivity index (χ4v) is 4.11. The van der Waals surface area contributed by atoms with Crippen LogP contribution in [0.4, 0.5) is 5.69 Å². The predicted octanol–water partition coefficient (Wildman–Crippen LogP) is 3.08. The van der Waals surface area contributed by atoms with Crippen molar-refractivity contribution in [3.8, 4) is 0 Å². The van der Waals surface area contributed by atoms with E-state index in [-0.39, 0.29) is 23.1 Å². The summed E-state index contributed by atoms with van der Waals surface area (Å²) in [6, 6.07) is 6.76. The average molecular weight is 450 g/mol. The van der Waals surface area contributed by atoms with Crippen LogP contribution in [0.25, 0.3) is 0 Å².